The lowest BCUT2D eigenvalue weighted by Crippen LogP contribution is -2.47. The standard InChI is InChI=1S/C15H30N4O/c1-15(2,14(16)17-20)7-3-4-8-18-9-11-19(12-10-18)13-5-6-13/h13,20H,3-12H2,1-2H3,(H2,16,17). The van der Waals surface area contributed by atoms with Crippen molar-refractivity contribution in [3.05, 3.63) is 0 Å². The lowest BCUT2D eigenvalue weighted by atomic mass is 9.86. The van der Waals surface area contributed by atoms with E-state index in [1.165, 1.54) is 52.0 Å². The van der Waals surface area contributed by atoms with E-state index in [4.69, 9.17) is 10.9 Å². The second-order valence-corrected chi connectivity index (χ2v) is 6.94. The number of nitrogens with zero attached hydrogens (tertiary/aromatic N) is 3. The van der Waals surface area contributed by atoms with Crippen molar-refractivity contribution in [1.82, 2.24) is 9.80 Å². The highest BCUT2D eigenvalue weighted by atomic mass is 16.4. The average Bonchev–Trinajstić information content (AvgIpc) is 3.28. The van der Waals surface area contributed by atoms with Crippen molar-refractivity contribution in [2.24, 2.45) is 16.3 Å². The molecule has 1 aliphatic carbocycles. The Hall–Kier alpha value is -0.810. The Morgan fingerprint density at radius 2 is 1.85 bits per heavy atom. The predicted octanol–water partition coefficient (Wildman–Crippen LogP) is 1.71. The highest BCUT2D eigenvalue weighted by Gasteiger charge is 2.31. The molecule has 2 fully saturated rings. The van der Waals surface area contributed by atoms with Crippen LogP contribution in [-0.4, -0.2) is 59.6 Å². The van der Waals surface area contributed by atoms with Crippen molar-refractivity contribution >= 4 is 5.84 Å². The van der Waals surface area contributed by atoms with Crippen LogP contribution in [0.25, 0.3) is 0 Å². The number of nitrogens with two attached hydrogens (primary N) is 1. The second-order valence-electron chi connectivity index (χ2n) is 6.94. The fourth-order valence-corrected chi connectivity index (χ4v) is 2.96. The molecule has 1 heterocycles. The quantitative estimate of drug-likeness (QED) is 0.245. The molecule has 1 aliphatic heterocycles. The molecule has 116 valence electrons. The summed E-state index contributed by atoms with van der Waals surface area (Å²) >= 11 is 0. The van der Waals surface area contributed by atoms with Crippen molar-refractivity contribution in [1.29, 1.82) is 0 Å². The van der Waals surface area contributed by atoms with Crippen molar-refractivity contribution in [3.8, 4) is 0 Å². The minimum Gasteiger partial charge on any atom is -0.409 e. The Bertz CT molecular complexity index is 331. The largest absolute Gasteiger partial charge is 0.409 e. The van der Waals surface area contributed by atoms with Gasteiger partial charge in [0.15, 0.2) is 0 Å². The molecule has 0 aromatic rings. The van der Waals surface area contributed by atoms with Crippen molar-refractivity contribution in [2.75, 3.05) is 32.7 Å². The Labute approximate surface area is 122 Å². The number of rotatable bonds is 7. The predicted molar refractivity (Wildman–Crippen MR) is 82.1 cm³/mol. The van der Waals surface area contributed by atoms with Gasteiger partial charge < -0.3 is 15.8 Å². The zero-order valence-corrected chi connectivity index (χ0v) is 13.0. The number of hydrogen-bond acceptors (Lipinski definition) is 4. The van der Waals surface area contributed by atoms with Gasteiger partial charge in [0.1, 0.15) is 5.84 Å². The number of amidine groups is 1. The Kier molecular flexibility index (Phi) is 5.27. The number of unbranched alkanes of at least 4 members (excludes halogenated alkanes) is 1. The van der Waals surface area contributed by atoms with Crippen LogP contribution in [0.15, 0.2) is 5.16 Å². The van der Waals surface area contributed by atoms with Crippen LogP contribution in [0.3, 0.4) is 0 Å². The van der Waals surface area contributed by atoms with E-state index in [0.29, 0.717) is 5.84 Å². The molecule has 5 nitrogen and oxygen atoms in total. The Morgan fingerprint density at radius 1 is 1.20 bits per heavy atom. The van der Waals surface area contributed by atoms with E-state index in [1.807, 2.05) is 13.8 Å². The molecular formula is C15H30N4O. The lowest BCUT2D eigenvalue weighted by Gasteiger charge is -2.35. The molecule has 1 saturated heterocycles. The summed E-state index contributed by atoms with van der Waals surface area (Å²) in [4.78, 5) is 5.23. The topological polar surface area (TPSA) is 65.1 Å². The van der Waals surface area contributed by atoms with Gasteiger partial charge in [-0.2, -0.15) is 0 Å². The molecule has 2 aliphatic rings. The van der Waals surface area contributed by atoms with E-state index in [1.54, 1.807) is 0 Å². The highest BCUT2D eigenvalue weighted by Crippen LogP contribution is 2.27. The third kappa shape index (κ3) is 4.35. The average molecular weight is 282 g/mol. The smallest absolute Gasteiger partial charge is 0.144 e. The maximum absolute atomic E-state index is 8.76. The molecule has 5 heteroatoms. The first kappa shape index (κ1) is 15.6. The molecule has 0 spiro atoms. The van der Waals surface area contributed by atoms with Gasteiger partial charge in [-0.1, -0.05) is 25.4 Å². The molecule has 0 atom stereocenters. The zero-order valence-electron chi connectivity index (χ0n) is 13.0. The maximum atomic E-state index is 8.76. The second kappa shape index (κ2) is 6.76. The van der Waals surface area contributed by atoms with Gasteiger partial charge in [-0.3, -0.25) is 4.90 Å². The van der Waals surface area contributed by atoms with Crippen molar-refractivity contribution < 1.29 is 5.21 Å². The van der Waals surface area contributed by atoms with Crippen LogP contribution in [0.1, 0.15) is 46.0 Å². The first-order chi connectivity index (χ1) is 9.53. The van der Waals surface area contributed by atoms with Crippen LogP contribution in [0.4, 0.5) is 0 Å². The van der Waals surface area contributed by atoms with E-state index in [2.05, 4.69) is 15.0 Å². The molecule has 3 N–H and O–H groups in total. The van der Waals surface area contributed by atoms with E-state index in [0.717, 1.165) is 18.9 Å². The van der Waals surface area contributed by atoms with Crippen LogP contribution in [0.2, 0.25) is 0 Å². The van der Waals surface area contributed by atoms with Crippen molar-refractivity contribution in [3.63, 3.8) is 0 Å². The highest BCUT2D eigenvalue weighted by molar-refractivity contribution is 5.85. The van der Waals surface area contributed by atoms with Crippen LogP contribution < -0.4 is 5.73 Å². The van der Waals surface area contributed by atoms with Gasteiger partial charge in [-0.15, -0.1) is 0 Å². The zero-order chi connectivity index (χ0) is 14.6. The number of hydrogen-bond donors (Lipinski definition) is 2. The third-order valence-electron chi connectivity index (χ3n) is 4.80. The van der Waals surface area contributed by atoms with Gasteiger partial charge >= 0.3 is 0 Å². The molecule has 0 unspecified atom stereocenters. The summed E-state index contributed by atoms with van der Waals surface area (Å²) in [7, 11) is 0. The van der Waals surface area contributed by atoms with E-state index < -0.39 is 0 Å². The van der Waals surface area contributed by atoms with E-state index in [9.17, 15) is 0 Å². The maximum Gasteiger partial charge on any atom is 0.144 e. The Morgan fingerprint density at radius 3 is 2.40 bits per heavy atom. The summed E-state index contributed by atoms with van der Waals surface area (Å²) in [6.45, 7) is 10.2. The van der Waals surface area contributed by atoms with E-state index >= 15 is 0 Å². The lowest BCUT2D eigenvalue weighted by molar-refractivity contribution is 0.124. The summed E-state index contributed by atoms with van der Waals surface area (Å²) in [5.74, 6) is 0.343. The van der Waals surface area contributed by atoms with Gasteiger partial charge in [-0.05, 0) is 32.2 Å². The first-order valence-electron chi connectivity index (χ1n) is 7.97. The van der Waals surface area contributed by atoms with Crippen molar-refractivity contribution in [2.45, 2.75) is 52.0 Å². The molecule has 0 aromatic heterocycles. The third-order valence-corrected chi connectivity index (χ3v) is 4.80. The van der Waals surface area contributed by atoms with Crippen LogP contribution in [0, 0.1) is 5.41 Å². The molecular weight excluding hydrogens is 252 g/mol. The fraction of sp³-hybridized carbons (Fsp3) is 0.933. The number of oxime groups is 1. The van der Waals surface area contributed by atoms with Gasteiger partial charge in [0.25, 0.3) is 0 Å². The summed E-state index contributed by atoms with van der Waals surface area (Å²) in [5.41, 5.74) is 5.51. The van der Waals surface area contributed by atoms with Gasteiger partial charge in [0.05, 0.1) is 0 Å². The van der Waals surface area contributed by atoms with Gasteiger partial charge in [-0.25, -0.2) is 0 Å². The molecule has 0 aromatic carbocycles. The summed E-state index contributed by atoms with van der Waals surface area (Å²) in [6, 6.07) is 0.915. The summed E-state index contributed by atoms with van der Waals surface area (Å²) in [5, 5.41) is 11.9. The SMILES string of the molecule is CC(C)(CCCCN1CCN(C2CC2)CC1)C(N)=NO. The van der Waals surface area contributed by atoms with Crippen LogP contribution >= 0.6 is 0 Å². The minimum atomic E-state index is -0.195. The van der Waals surface area contributed by atoms with Crippen LogP contribution in [-0.2, 0) is 0 Å². The van der Waals surface area contributed by atoms with Gasteiger partial charge in [0, 0.05) is 37.6 Å². The number of piperazine rings is 1. The molecule has 0 amide bonds. The Balaban J connectivity index is 1.57. The summed E-state index contributed by atoms with van der Waals surface area (Å²) in [6.07, 6.45) is 6.15. The molecule has 0 radical (unpaired) electrons. The molecule has 20 heavy (non-hydrogen) atoms. The minimum absolute atomic E-state index is 0.195. The van der Waals surface area contributed by atoms with E-state index in [-0.39, 0.29) is 5.41 Å². The normalized spacial score (nSPS) is 23.2. The van der Waals surface area contributed by atoms with Gasteiger partial charge in [0.2, 0.25) is 0 Å². The van der Waals surface area contributed by atoms with Crippen LogP contribution in [0.5, 0.6) is 0 Å². The molecule has 0 bridgehead atoms. The fourth-order valence-electron chi connectivity index (χ4n) is 2.96. The molecule has 2 rings (SSSR count). The monoisotopic (exact) mass is 282 g/mol. The summed E-state index contributed by atoms with van der Waals surface area (Å²) < 4.78 is 0. The molecule has 1 saturated carbocycles. The first-order valence-corrected chi connectivity index (χ1v) is 7.97.